The van der Waals surface area contributed by atoms with Crippen LogP contribution in [0.15, 0.2) is 96.1 Å². The molecule has 3 aromatic rings. The Balaban J connectivity index is 1.31. The second kappa shape index (κ2) is 18.0. The third kappa shape index (κ3) is 8.48. The van der Waals surface area contributed by atoms with Crippen molar-refractivity contribution in [2.45, 2.75) is 110 Å². The minimum atomic E-state index is -2.05. The molecule has 9 atom stereocenters. The number of methoxy groups -OCH3 is 1. The van der Waals surface area contributed by atoms with Crippen molar-refractivity contribution in [1.82, 2.24) is 0 Å². The van der Waals surface area contributed by atoms with Crippen LogP contribution in [0.2, 0.25) is 0 Å². The topological polar surface area (TPSA) is 196 Å². The van der Waals surface area contributed by atoms with E-state index in [1.807, 2.05) is 30.3 Å². The van der Waals surface area contributed by atoms with Gasteiger partial charge >= 0.3 is 29.8 Å². The lowest BCUT2D eigenvalue weighted by Gasteiger charge is -2.68. The molecule has 344 valence electrons. The second-order valence-electron chi connectivity index (χ2n) is 17.8. The Bertz CT molecular complexity index is 2420. The smallest absolute Gasteiger partial charge is 0.347 e. The summed E-state index contributed by atoms with van der Waals surface area (Å²) in [6, 6.07) is 22.1. The summed E-state index contributed by atoms with van der Waals surface area (Å²) in [5.74, 6) is -5.08. The van der Waals surface area contributed by atoms with E-state index < -0.39 is 94.1 Å². The van der Waals surface area contributed by atoms with Gasteiger partial charge in [0.15, 0.2) is 17.5 Å². The first-order chi connectivity index (χ1) is 30.8. The first-order valence-corrected chi connectivity index (χ1v) is 21.4. The van der Waals surface area contributed by atoms with Crippen molar-refractivity contribution < 1.29 is 71.8 Å². The van der Waals surface area contributed by atoms with Gasteiger partial charge in [-0.25, -0.2) is 9.59 Å². The van der Waals surface area contributed by atoms with E-state index in [4.69, 9.17) is 37.9 Å². The largest absolute Gasteiger partial charge is 0.496 e. The molecule has 0 unspecified atom stereocenters. The highest BCUT2D eigenvalue weighted by atomic mass is 16.6. The van der Waals surface area contributed by atoms with Crippen LogP contribution >= 0.6 is 0 Å². The molecule has 0 aromatic heterocycles. The summed E-state index contributed by atoms with van der Waals surface area (Å²) in [7, 11) is 1.45. The molecule has 15 nitrogen and oxygen atoms in total. The van der Waals surface area contributed by atoms with Gasteiger partial charge in [0.1, 0.15) is 41.0 Å². The van der Waals surface area contributed by atoms with Crippen molar-refractivity contribution >= 4 is 41.7 Å². The van der Waals surface area contributed by atoms with E-state index in [1.54, 1.807) is 76.2 Å². The summed E-state index contributed by atoms with van der Waals surface area (Å²) >= 11 is 0. The third-order valence-corrected chi connectivity index (χ3v) is 13.6. The number of benzene rings is 3. The van der Waals surface area contributed by atoms with E-state index in [0.29, 0.717) is 16.9 Å². The van der Waals surface area contributed by atoms with Gasteiger partial charge < -0.3 is 43.0 Å². The molecule has 3 aromatic carbocycles. The van der Waals surface area contributed by atoms with Crippen molar-refractivity contribution in [3.05, 3.63) is 113 Å². The lowest BCUT2D eigenvalue weighted by atomic mass is 9.44. The summed E-state index contributed by atoms with van der Waals surface area (Å²) in [5, 5.41) is 13.6. The highest BCUT2D eigenvalue weighted by Gasteiger charge is 2.78. The van der Waals surface area contributed by atoms with Crippen LogP contribution < -0.4 is 9.47 Å². The fourth-order valence-corrected chi connectivity index (χ4v) is 10.4. The van der Waals surface area contributed by atoms with Gasteiger partial charge in [0.25, 0.3) is 0 Å². The normalized spacial score (nSPS) is 30.0. The summed E-state index contributed by atoms with van der Waals surface area (Å²) in [5.41, 5.74) is -4.93. The van der Waals surface area contributed by atoms with Crippen molar-refractivity contribution in [3.63, 3.8) is 0 Å². The summed E-state index contributed by atoms with van der Waals surface area (Å²) in [6.45, 7) is 9.94. The van der Waals surface area contributed by atoms with Crippen molar-refractivity contribution in [2.24, 2.45) is 16.7 Å². The number of esters is 5. The van der Waals surface area contributed by atoms with Gasteiger partial charge in [0.2, 0.25) is 0 Å². The maximum atomic E-state index is 15.9. The Morgan fingerprint density at radius 3 is 2.12 bits per heavy atom. The van der Waals surface area contributed by atoms with Gasteiger partial charge in [-0.3, -0.25) is 19.2 Å². The van der Waals surface area contributed by atoms with Crippen LogP contribution in [0, 0.1) is 16.7 Å². The lowest BCUT2D eigenvalue weighted by Crippen LogP contribution is -2.82. The maximum Gasteiger partial charge on any atom is 0.347 e. The van der Waals surface area contributed by atoms with Crippen LogP contribution in [0.25, 0.3) is 6.08 Å². The van der Waals surface area contributed by atoms with E-state index in [0.717, 1.165) is 12.5 Å². The average Bonchev–Trinajstić information content (AvgIpc) is 3.25. The van der Waals surface area contributed by atoms with E-state index >= 15 is 4.79 Å². The minimum absolute atomic E-state index is 0.0817. The molecule has 65 heavy (non-hydrogen) atoms. The van der Waals surface area contributed by atoms with E-state index in [9.17, 15) is 29.1 Å². The van der Waals surface area contributed by atoms with E-state index in [2.05, 4.69) is 0 Å². The van der Waals surface area contributed by atoms with Crippen LogP contribution in [0.4, 0.5) is 0 Å². The molecule has 1 heterocycles. The fraction of sp³-hybridized carbons (Fsp3) is 0.440. The van der Waals surface area contributed by atoms with Crippen molar-refractivity contribution in [3.8, 4) is 11.5 Å². The number of rotatable bonds is 12. The van der Waals surface area contributed by atoms with Crippen LogP contribution in [0.1, 0.15) is 82.8 Å². The van der Waals surface area contributed by atoms with Gasteiger partial charge in [0.05, 0.1) is 31.8 Å². The fourth-order valence-electron chi connectivity index (χ4n) is 10.4. The molecule has 3 aliphatic carbocycles. The number of para-hydroxylation sites is 1. The zero-order valence-corrected chi connectivity index (χ0v) is 37.6. The number of hydrogen-bond donors (Lipinski definition) is 1. The molecule has 1 aliphatic heterocycles. The van der Waals surface area contributed by atoms with Gasteiger partial charge in [-0.05, 0) is 66.5 Å². The Hall–Kier alpha value is -6.16. The van der Waals surface area contributed by atoms with Crippen LogP contribution in [-0.2, 0) is 59.0 Å². The van der Waals surface area contributed by atoms with E-state index in [1.165, 1.54) is 33.1 Å². The minimum Gasteiger partial charge on any atom is -0.496 e. The molecule has 2 bridgehead atoms. The third-order valence-electron chi connectivity index (χ3n) is 13.6. The zero-order chi connectivity index (χ0) is 47.1. The number of fused-ring (bicyclic) bond motifs is 5. The monoisotopic (exact) mass is 894 g/mol. The number of carbonyl (C=O) groups excluding carboxylic acids is 6. The number of carbonyl (C=O) groups is 6. The molecular weight excluding hydrogens is 841 g/mol. The number of ether oxygens (including phenoxy) is 8. The highest BCUT2D eigenvalue weighted by molar-refractivity contribution is 5.96. The average molecular weight is 895 g/mol. The first-order valence-electron chi connectivity index (χ1n) is 21.4. The number of aliphatic hydroxyl groups is 1. The summed E-state index contributed by atoms with van der Waals surface area (Å²) in [6.07, 6.45) is -4.18. The Morgan fingerprint density at radius 1 is 0.846 bits per heavy atom. The molecule has 4 aliphatic rings. The lowest BCUT2D eigenvalue weighted by molar-refractivity contribution is -0.352. The predicted molar refractivity (Wildman–Crippen MR) is 231 cm³/mol. The SMILES string of the molecule is COc1ccccc1C(=O)Oc1ccc(/C=C/C(=O)O[C@H]2C[C@H]3OC[C@@]3(OC(C)=O)[C@H]3[C@H](OCc4ccccc4)[C@]4(O)C[C@H](OC(C)=O)C(C)=C([C@@H](OC(C)=O)C(=O)[C@]23C)C4(C)C)cc1. The number of hydrogen-bond acceptors (Lipinski definition) is 15. The van der Waals surface area contributed by atoms with Gasteiger partial charge in [0, 0.05) is 51.0 Å². The molecule has 15 heteroatoms. The summed E-state index contributed by atoms with van der Waals surface area (Å²) in [4.78, 5) is 81.6. The molecular formula is C50H54O15. The van der Waals surface area contributed by atoms with Crippen molar-refractivity contribution in [2.75, 3.05) is 13.7 Å². The number of ketones is 1. The molecule has 0 spiro atoms. The van der Waals surface area contributed by atoms with Gasteiger partial charge in [-0.15, -0.1) is 0 Å². The molecule has 1 N–H and O–H groups in total. The first kappa shape index (κ1) is 46.8. The van der Waals surface area contributed by atoms with Crippen LogP contribution in [0.5, 0.6) is 11.5 Å². The molecule has 1 saturated heterocycles. The Morgan fingerprint density at radius 2 is 1.51 bits per heavy atom. The quantitative estimate of drug-likeness (QED) is 0.0722. The molecule has 3 fully saturated rings. The predicted octanol–water partition coefficient (Wildman–Crippen LogP) is 6.08. The summed E-state index contributed by atoms with van der Waals surface area (Å²) < 4.78 is 48.1. The molecule has 0 amide bonds. The molecule has 7 rings (SSSR count). The zero-order valence-electron chi connectivity index (χ0n) is 37.6. The van der Waals surface area contributed by atoms with Crippen molar-refractivity contribution in [1.29, 1.82) is 0 Å². The Kier molecular flexibility index (Phi) is 13.0. The second-order valence-corrected chi connectivity index (χ2v) is 17.8. The highest BCUT2D eigenvalue weighted by Crippen LogP contribution is 2.65. The van der Waals surface area contributed by atoms with Gasteiger partial charge in [-0.1, -0.05) is 68.4 Å². The van der Waals surface area contributed by atoms with Crippen LogP contribution in [0.3, 0.4) is 0 Å². The van der Waals surface area contributed by atoms with Gasteiger partial charge in [-0.2, -0.15) is 0 Å². The Labute approximate surface area is 376 Å². The van der Waals surface area contributed by atoms with Crippen LogP contribution in [-0.4, -0.2) is 96.2 Å². The maximum absolute atomic E-state index is 15.9. The number of Topliss-reactive ketones (excluding diaryl/α,β-unsaturated/α-hetero) is 1. The molecule has 0 radical (unpaired) electrons. The van der Waals surface area contributed by atoms with E-state index in [-0.39, 0.29) is 42.9 Å². The molecule has 2 saturated carbocycles. The standard InChI is InChI=1S/C50H54O15/c1-28-37(61-29(2)51)25-50(57)45(59-26-33-14-10-9-11-15-33)43-48(7,44(55)42(62-30(3)52)41(28)47(50,5)6)38(24-39-49(43,27-60-39)65-31(4)53)64-40(54)23-20-32-18-21-34(22-19-32)63-46(56)35-16-12-13-17-36(35)58-8/h9-23,37-39,42-43,45,57H,24-27H2,1-8H3/b23-20+/t37-,38-,39+,42+,43-,45-,48+,49-,50+/m0/s1.